The summed E-state index contributed by atoms with van der Waals surface area (Å²) in [4.78, 5) is 18.2. The van der Waals surface area contributed by atoms with E-state index in [9.17, 15) is 9.18 Å². The van der Waals surface area contributed by atoms with Gasteiger partial charge in [0.25, 0.3) is 5.91 Å². The Kier molecular flexibility index (Phi) is 6.32. The Morgan fingerprint density at radius 1 is 1.03 bits per heavy atom. The lowest BCUT2D eigenvalue weighted by molar-refractivity contribution is 0.0234. The summed E-state index contributed by atoms with van der Waals surface area (Å²) in [6.45, 7) is 0.0560. The fourth-order valence-electron chi connectivity index (χ4n) is 2.95. The smallest absolute Gasteiger partial charge is 0.269 e. The number of hydroxylamine groups is 1. The van der Waals surface area contributed by atoms with Gasteiger partial charge in [0.1, 0.15) is 18.1 Å². The van der Waals surface area contributed by atoms with Crippen LogP contribution in [0.25, 0.3) is 16.9 Å². The Morgan fingerprint density at radius 3 is 2.48 bits per heavy atom. The van der Waals surface area contributed by atoms with Crippen LogP contribution in [0.2, 0.25) is 10.0 Å². The second kappa shape index (κ2) is 9.31. The van der Waals surface area contributed by atoms with Gasteiger partial charge in [-0.05, 0) is 54.1 Å². The number of hydrogen-bond acceptors (Lipinski definition) is 3. The highest BCUT2D eigenvalue weighted by atomic mass is 35.5. The lowest BCUT2D eigenvalue weighted by atomic mass is 10.1. The normalized spacial score (nSPS) is 10.8. The van der Waals surface area contributed by atoms with Crippen molar-refractivity contribution in [3.63, 3.8) is 0 Å². The van der Waals surface area contributed by atoms with E-state index < -0.39 is 5.91 Å². The van der Waals surface area contributed by atoms with E-state index in [0.717, 1.165) is 5.69 Å². The molecular formula is C23H16Cl2FN3O2. The molecule has 0 unspecified atom stereocenters. The molecule has 31 heavy (non-hydrogen) atoms. The zero-order valence-corrected chi connectivity index (χ0v) is 17.6. The van der Waals surface area contributed by atoms with Gasteiger partial charge in [-0.1, -0.05) is 47.5 Å². The summed E-state index contributed by atoms with van der Waals surface area (Å²) in [7, 11) is 0. The largest absolute Gasteiger partial charge is 0.278 e. The van der Waals surface area contributed by atoms with Crippen LogP contribution in [0.3, 0.4) is 0 Å². The quantitative estimate of drug-likeness (QED) is 0.371. The van der Waals surface area contributed by atoms with Crippen LogP contribution in [0, 0.1) is 5.82 Å². The minimum absolute atomic E-state index is 0.0560. The molecule has 156 valence electrons. The van der Waals surface area contributed by atoms with Gasteiger partial charge in [0.05, 0.1) is 11.3 Å². The number of aromatic nitrogens is 2. The Balaban J connectivity index is 1.58. The van der Waals surface area contributed by atoms with Gasteiger partial charge in [-0.15, -0.1) is 0 Å². The van der Waals surface area contributed by atoms with Crippen LogP contribution in [0.4, 0.5) is 4.39 Å². The predicted octanol–water partition coefficient (Wildman–Crippen LogP) is 5.85. The van der Waals surface area contributed by atoms with E-state index in [1.54, 1.807) is 41.2 Å². The van der Waals surface area contributed by atoms with Crippen molar-refractivity contribution in [2.24, 2.45) is 0 Å². The SMILES string of the molecule is O=C(NOCc1ccc(Cl)cc1Cl)c1cn(-c2ccccc2)nc1-c1ccc(F)cc1. The minimum atomic E-state index is -0.494. The lowest BCUT2D eigenvalue weighted by Crippen LogP contribution is -2.23. The fourth-order valence-corrected chi connectivity index (χ4v) is 3.41. The first kappa shape index (κ1) is 21.1. The van der Waals surface area contributed by atoms with Crippen LogP contribution in [0.15, 0.2) is 79.0 Å². The zero-order valence-electron chi connectivity index (χ0n) is 16.1. The summed E-state index contributed by atoms with van der Waals surface area (Å²) in [6, 6.07) is 20.1. The van der Waals surface area contributed by atoms with Gasteiger partial charge in [-0.3, -0.25) is 9.63 Å². The van der Waals surface area contributed by atoms with Crippen LogP contribution in [-0.4, -0.2) is 15.7 Å². The molecule has 0 spiro atoms. The standard InChI is InChI=1S/C23H16Cl2FN3O2/c24-17-9-6-16(21(25)12-17)14-31-28-23(30)20-13-29(19-4-2-1-3-5-19)27-22(20)15-7-10-18(26)11-8-15/h1-13H,14H2,(H,28,30). The van der Waals surface area contributed by atoms with Crippen molar-refractivity contribution in [2.75, 3.05) is 0 Å². The van der Waals surface area contributed by atoms with E-state index in [1.807, 2.05) is 30.3 Å². The molecule has 0 fully saturated rings. The molecule has 0 aliphatic heterocycles. The first-order valence-electron chi connectivity index (χ1n) is 9.28. The number of rotatable bonds is 6. The van der Waals surface area contributed by atoms with E-state index in [2.05, 4.69) is 10.6 Å². The third-order valence-electron chi connectivity index (χ3n) is 4.50. The summed E-state index contributed by atoms with van der Waals surface area (Å²) in [5, 5.41) is 5.48. The highest BCUT2D eigenvalue weighted by molar-refractivity contribution is 6.35. The van der Waals surface area contributed by atoms with Crippen molar-refractivity contribution in [3.05, 3.63) is 106 Å². The molecule has 4 aromatic rings. The highest BCUT2D eigenvalue weighted by Gasteiger charge is 2.19. The third-order valence-corrected chi connectivity index (χ3v) is 5.09. The maximum atomic E-state index is 13.4. The number of hydrogen-bond donors (Lipinski definition) is 1. The summed E-state index contributed by atoms with van der Waals surface area (Å²) in [6.07, 6.45) is 1.60. The molecule has 0 radical (unpaired) electrons. The highest BCUT2D eigenvalue weighted by Crippen LogP contribution is 2.25. The summed E-state index contributed by atoms with van der Waals surface area (Å²) >= 11 is 12.0. The molecule has 1 amide bonds. The second-order valence-corrected chi connectivity index (χ2v) is 7.48. The number of nitrogens with one attached hydrogen (secondary N) is 1. The Morgan fingerprint density at radius 2 is 1.77 bits per heavy atom. The van der Waals surface area contributed by atoms with Gasteiger partial charge >= 0.3 is 0 Å². The number of carbonyl (C=O) groups excluding carboxylic acids is 1. The summed E-state index contributed by atoms with van der Waals surface area (Å²) in [5.41, 5.74) is 5.14. The topological polar surface area (TPSA) is 56.1 Å². The van der Waals surface area contributed by atoms with Gasteiger partial charge in [-0.25, -0.2) is 14.6 Å². The van der Waals surface area contributed by atoms with Crippen molar-refractivity contribution < 1.29 is 14.0 Å². The van der Waals surface area contributed by atoms with Gasteiger partial charge in [-0.2, -0.15) is 5.10 Å². The van der Waals surface area contributed by atoms with E-state index in [0.29, 0.717) is 26.9 Å². The number of nitrogens with zero attached hydrogens (tertiary/aromatic N) is 2. The Bertz CT molecular complexity index is 1210. The second-order valence-electron chi connectivity index (χ2n) is 6.63. The van der Waals surface area contributed by atoms with Crippen molar-refractivity contribution >= 4 is 29.1 Å². The predicted molar refractivity (Wildman–Crippen MR) is 118 cm³/mol. The summed E-state index contributed by atoms with van der Waals surface area (Å²) in [5.74, 6) is -0.869. The Hall–Kier alpha value is -3.19. The number of halogens is 3. The molecule has 0 saturated heterocycles. The van der Waals surface area contributed by atoms with Crippen molar-refractivity contribution in [3.8, 4) is 16.9 Å². The first-order valence-corrected chi connectivity index (χ1v) is 10.0. The molecular weight excluding hydrogens is 440 g/mol. The molecule has 8 heteroatoms. The number of carbonyl (C=O) groups is 1. The van der Waals surface area contributed by atoms with Gasteiger partial charge < -0.3 is 0 Å². The minimum Gasteiger partial charge on any atom is -0.269 e. The molecule has 3 aromatic carbocycles. The van der Waals surface area contributed by atoms with E-state index >= 15 is 0 Å². The average Bonchev–Trinajstić information content (AvgIpc) is 3.22. The van der Waals surface area contributed by atoms with E-state index in [4.69, 9.17) is 28.0 Å². The lowest BCUT2D eigenvalue weighted by Gasteiger charge is -2.08. The van der Waals surface area contributed by atoms with Crippen molar-refractivity contribution in [2.45, 2.75) is 6.61 Å². The van der Waals surface area contributed by atoms with Gasteiger partial charge in [0.15, 0.2) is 0 Å². The molecule has 1 heterocycles. The molecule has 4 rings (SSSR count). The average molecular weight is 456 g/mol. The maximum absolute atomic E-state index is 13.4. The van der Waals surface area contributed by atoms with Crippen LogP contribution in [-0.2, 0) is 11.4 Å². The van der Waals surface area contributed by atoms with E-state index in [1.165, 1.54) is 12.1 Å². The molecule has 0 aliphatic rings. The molecule has 0 atom stereocenters. The molecule has 5 nitrogen and oxygen atoms in total. The van der Waals surface area contributed by atoms with Crippen LogP contribution >= 0.6 is 23.2 Å². The number of benzene rings is 3. The zero-order chi connectivity index (χ0) is 21.8. The number of amides is 1. The van der Waals surface area contributed by atoms with Crippen LogP contribution < -0.4 is 5.48 Å². The molecule has 1 N–H and O–H groups in total. The molecule has 1 aromatic heterocycles. The maximum Gasteiger partial charge on any atom is 0.278 e. The van der Waals surface area contributed by atoms with E-state index in [-0.39, 0.29) is 18.0 Å². The molecule has 0 saturated carbocycles. The number of para-hydroxylation sites is 1. The fraction of sp³-hybridized carbons (Fsp3) is 0.0435. The molecule has 0 bridgehead atoms. The third kappa shape index (κ3) is 4.94. The van der Waals surface area contributed by atoms with Gasteiger partial charge in [0, 0.05) is 21.8 Å². The monoisotopic (exact) mass is 455 g/mol. The van der Waals surface area contributed by atoms with Gasteiger partial charge in [0.2, 0.25) is 0 Å². The van der Waals surface area contributed by atoms with Crippen LogP contribution in [0.5, 0.6) is 0 Å². The Labute approximate surface area is 187 Å². The van der Waals surface area contributed by atoms with Crippen LogP contribution in [0.1, 0.15) is 15.9 Å². The molecule has 0 aliphatic carbocycles. The van der Waals surface area contributed by atoms with Crippen molar-refractivity contribution in [1.82, 2.24) is 15.3 Å². The first-order chi connectivity index (χ1) is 15.0. The van der Waals surface area contributed by atoms with Crippen molar-refractivity contribution in [1.29, 1.82) is 0 Å². The summed E-state index contributed by atoms with van der Waals surface area (Å²) < 4.78 is 15.0.